The van der Waals surface area contributed by atoms with Crippen molar-refractivity contribution < 1.29 is 18.0 Å². The Morgan fingerprint density at radius 3 is 2.47 bits per heavy atom. The van der Waals surface area contributed by atoms with E-state index in [0.717, 1.165) is 24.2 Å². The molecule has 182 valence electrons. The molecule has 34 heavy (non-hydrogen) atoms. The van der Waals surface area contributed by atoms with Gasteiger partial charge in [0.15, 0.2) is 0 Å². The maximum Gasteiger partial charge on any atom is 0.251 e. The number of nitrogens with zero attached hydrogens (tertiary/aromatic N) is 2. The molecule has 0 bridgehead atoms. The van der Waals surface area contributed by atoms with Crippen molar-refractivity contribution in [3.8, 4) is 0 Å². The quantitative estimate of drug-likeness (QED) is 0.655. The predicted octanol–water partition coefficient (Wildman–Crippen LogP) is 2.22. The van der Waals surface area contributed by atoms with Crippen LogP contribution >= 0.6 is 0 Å². The molecular formula is C25H32N4O4S. The van der Waals surface area contributed by atoms with Crippen molar-refractivity contribution in [2.45, 2.75) is 31.7 Å². The Bertz CT molecular complexity index is 1140. The lowest BCUT2D eigenvalue weighted by Gasteiger charge is -2.34. The number of anilines is 1. The van der Waals surface area contributed by atoms with Crippen LogP contribution in [0.1, 0.15) is 36.2 Å². The van der Waals surface area contributed by atoms with E-state index in [9.17, 15) is 18.0 Å². The number of carbonyl (C=O) groups is 2. The minimum Gasteiger partial charge on any atom is -0.360 e. The van der Waals surface area contributed by atoms with Gasteiger partial charge in [-0.3, -0.25) is 9.59 Å². The summed E-state index contributed by atoms with van der Waals surface area (Å²) in [6.07, 6.45) is 1.02. The number of piperazine rings is 1. The van der Waals surface area contributed by atoms with Crippen LogP contribution in [0.5, 0.6) is 0 Å². The first-order valence-electron chi connectivity index (χ1n) is 11.7. The highest BCUT2D eigenvalue weighted by Gasteiger charge is 2.32. The molecule has 2 unspecified atom stereocenters. The molecule has 2 amide bonds. The highest BCUT2D eigenvalue weighted by molar-refractivity contribution is 7.89. The number of hydrogen-bond donors (Lipinski definition) is 2. The molecule has 9 heteroatoms. The molecule has 0 spiro atoms. The number of amides is 2. The van der Waals surface area contributed by atoms with Gasteiger partial charge in [-0.05, 0) is 54.2 Å². The van der Waals surface area contributed by atoms with E-state index in [1.54, 1.807) is 18.2 Å². The molecule has 0 aromatic heterocycles. The second-order valence-corrected chi connectivity index (χ2v) is 11.4. The van der Waals surface area contributed by atoms with E-state index >= 15 is 0 Å². The van der Waals surface area contributed by atoms with Crippen LogP contribution in [0.4, 0.5) is 5.69 Å². The summed E-state index contributed by atoms with van der Waals surface area (Å²) >= 11 is 0. The SMILES string of the molecule is CC1CC(C)CN(S(=O)(=O)c2cccc(C(=O)NCc3ccc(N4CCNC(=O)C4)cc3)c2)C1. The van der Waals surface area contributed by atoms with E-state index < -0.39 is 10.0 Å². The first-order chi connectivity index (χ1) is 16.2. The largest absolute Gasteiger partial charge is 0.360 e. The monoisotopic (exact) mass is 484 g/mol. The summed E-state index contributed by atoms with van der Waals surface area (Å²) in [5.74, 6) is 0.303. The molecule has 0 saturated carbocycles. The third-order valence-corrected chi connectivity index (χ3v) is 8.19. The van der Waals surface area contributed by atoms with Crippen LogP contribution < -0.4 is 15.5 Å². The van der Waals surface area contributed by atoms with Crippen LogP contribution in [0.15, 0.2) is 53.4 Å². The van der Waals surface area contributed by atoms with Gasteiger partial charge in [-0.15, -0.1) is 0 Å². The molecule has 8 nitrogen and oxygen atoms in total. The second-order valence-electron chi connectivity index (χ2n) is 9.42. The first kappa shape index (κ1) is 24.2. The molecule has 2 atom stereocenters. The molecule has 2 heterocycles. The Morgan fingerprint density at radius 2 is 1.79 bits per heavy atom. The minimum absolute atomic E-state index is 0.0103. The van der Waals surface area contributed by atoms with E-state index in [-0.39, 0.29) is 16.7 Å². The number of benzene rings is 2. The normalized spacial score (nSPS) is 21.7. The molecule has 2 fully saturated rings. The number of nitrogens with one attached hydrogen (secondary N) is 2. The van der Waals surface area contributed by atoms with Crippen molar-refractivity contribution in [2.75, 3.05) is 37.6 Å². The highest BCUT2D eigenvalue weighted by atomic mass is 32.2. The van der Waals surface area contributed by atoms with Gasteiger partial charge in [0.1, 0.15) is 0 Å². The number of piperidine rings is 1. The third-order valence-electron chi connectivity index (χ3n) is 6.36. The molecule has 4 rings (SSSR count). The van der Waals surface area contributed by atoms with E-state index in [4.69, 9.17) is 0 Å². The van der Waals surface area contributed by atoms with Crippen molar-refractivity contribution in [3.05, 3.63) is 59.7 Å². The summed E-state index contributed by atoms with van der Waals surface area (Å²) in [6.45, 7) is 7.18. The van der Waals surface area contributed by atoms with Gasteiger partial charge in [0.2, 0.25) is 15.9 Å². The molecule has 2 aromatic rings. The third kappa shape index (κ3) is 5.59. The first-order valence-corrected chi connectivity index (χ1v) is 13.2. The van der Waals surface area contributed by atoms with Gasteiger partial charge in [0.05, 0.1) is 11.4 Å². The second kappa shape index (κ2) is 10.1. The van der Waals surface area contributed by atoms with Crippen molar-refractivity contribution >= 4 is 27.5 Å². The zero-order valence-corrected chi connectivity index (χ0v) is 20.5. The van der Waals surface area contributed by atoms with Gasteiger partial charge in [-0.2, -0.15) is 4.31 Å². The maximum absolute atomic E-state index is 13.2. The van der Waals surface area contributed by atoms with Crippen LogP contribution in [0.2, 0.25) is 0 Å². The zero-order chi connectivity index (χ0) is 24.3. The van der Waals surface area contributed by atoms with Crippen LogP contribution in [-0.2, 0) is 21.4 Å². The van der Waals surface area contributed by atoms with E-state index in [1.165, 1.54) is 10.4 Å². The van der Waals surface area contributed by atoms with Crippen molar-refractivity contribution in [1.82, 2.24) is 14.9 Å². The van der Waals surface area contributed by atoms with E-state index in [2.05, 4.69) is 24.5 Å². The van der Waals surface area contributed by atoms with Gasteiger partial charge in [-0.25, -0.2) is 8.42 Å². The summed E-state index contributed by atoms with van der Waals surface area (Å²) in [7, 11) is -3.65. The van der Waals surface area contributed by atoms with Gasteiger partial charge < -0.3 is 15.5 Å². The molecule has 2 aliphatic rings. The number of hydrogen-bond acceptors (Lipinski definition) is 5. The number of sulfonamides is 1. The minimum atomic E-state index is -3.65. The van der Waals surface area contributed by atoms with Gasteiger partial charge >= 0.3 is 0 Å². The summed E-state index contributed by atoms with van der Waals surface area (Å²) in [5.41, 5.74) is 2.19. The number of carbonyl (C=O) groups excluding carboxylic acids is 2. The topological polar surface area (TPSA) is 98.8 Å². The van der Waals surface area contributed by atoms with Gasteiger partial charge in [0.25, 0.3) is 5.91 Å². The Hall–Kier alpha value is -2.91. The Balaban J connectivity index is 1.39. The fraction of sp³-hybridized carbons (Fsp3) is 0.440. The number of rotatable bonds is 6. The molecule has 0 radical (unpaired) electrons. The summed E-state index contributed by atoms with van der Waals surface area (Å²) < 4.78 is 27.9. The van der Waals surface area contributed by atoms with Crippen LogP contribution in [0, 0.1) is 11.8 Å². The smallest absolute Gasteiger partial charge is 0.251 e. The zero-order valence-electron chi connectivity index (χ0n) is 19.7. The van der Waals surface area contributed by atoms with Crippen LogP contribution in [0.3, 0.4) is 0 Å². The van der Waals surface area contributed by atoms with Crippen molar-refractivity contribution in [1.29, 1.82) is 0 Å². The molecule has 2 aliphatic heterocycles. The lowest BCUT2D eigenvalue weighted by atomic mass is 9.94. The van der Waals surface area contributed by atoms with Crippen LogP contribution in [-0.4, -0.2) is 57.3 Å². The van der Waals surface area contributed by atoms with Gasteiger partial charge in [-0.1, -0.05) is 32.0 Å². The Kier molecular flexibility index (Phi) is 7.23. The average molecular weight is 485 g/mol. The molecule has 2 saturated heterocycles. The maximum atomic E-state index is 13.2. The molecule has 2 aromatic carbocycles. The van der Waals surface area contributed by atoms with Crippen LogP contribution in [0.25, 0.3) is 0 Å². The molecular weight excluding hydrogens is 452 g/mol. The fourth-order valence-corrected chi connectivity index (χ4v) is 6.44. The average Bonchev–Trinajstić information content (AvgIpc) is 2.82. The standard InChI is InChI=1S/C25H32N4O4S/c1-18-12-19(2)16-29(15-18)34(32,33)23-5-3-4-21(13-23)25(31)27-14-20-6-8-22(9-7-20)28-11-10-26-24(30)17-28/h3-9,13,18-19H,10-12,14-17H2,1-2H3,(H,26,30)(H,27,31). The Morgan fingerprint density at radius 1 is 1.09 bits per heavy atom. The predicted molar refractivity (Wildman–Crippen MR) is 131 cm³/mol. The highest BCUT2D eigenvalue weighted by Crippen LogP contribution is 2.27. The lowest BCUT2D eigenvalue weighted by molar-refractivity contribution is -0.120. The summed E-state index contributed by atoms with van der Waals surface area (Å²) in [5, 5.41) is 5.68. The summed E-state index contributed by atoms with van der Waals surface area (Å²) in [4.78, 5) is 26.5. The molecule has 2 N–H and O–H groups in total. The molecule has 0 aliphatic carbocycles. The lowest BCUT2D eigenvalue weighted by Crippen LogP contribution is -2.47. The van der Waals surface area contributed by atoms with E-state index in [0.29, 0.717) is 50.1 Å². The Labute approximate surface area is 201 Å². The van der Waals surface area contributed by atoms with Crippen molar-refractivity contribution in [2.24, 2.45) is 11.8 Å². The fourth-order valence-electron chi connectivity index (χ4n) is 4.72. The summed E-state index contributed by atoms with van der Waals surface area (Å²) in [6, 6.07) is 14.0. The van der Waals surface area contributed by atoms with Crippen molar-refractivity contribution in [3.63, 3.8) is 0 Å². The van der Waals surface area contributed by atoms with Gasteiger partial charge in [0, 0.05) is 44.0 Å². The van der Waals surface area contributed by atoms with E-state index in [1.807, 2.05) is 29.2 Å².